The first kappa shape index (κ1) is 20.0. The number of nitrogens with zero attached hydrogens (tertiary/aromatic N) is 5. The van der Waals surface area contributed by atoms with Gasteiger partial charge in [0.1, 0.15) is 17.5 Å². The van der Waals surface area contributed by atoms with Gasteiger partial charge in [-0.1, -0.05) is 6.92 Å². The van der Waals surface area contributed by atoms with E-state index in [-0.39, 0.29) is 22.9 Å². The Morgan fingerprint density at radius 3 is 2.68 bits per heavy atom. The number of rotatable bonds is 3. The van der Waals surface area contributed by atoms with Crippen molar-refractivity contribution in [3.8, 4) is 23.1 Å². The monoisotopic (exact) mass is 391 g/mol. The molecule has 0 radical (unpaired) electrons. The maximum absolute atomic E-state index is 12.8. The minimum Gasteiger partial charge on any atom is -0.507 e. The lowest BCUT2D eigenvalue weighted by atomic mass is 9.86. The van der Waals surface area contributed by atoms with Crippen molar-refractivity contribution in [1.29, 1.82) is 5.26 Å². The van der Waals surface area contributed by atoms with Gasteiger partial charge in [-0.25, -0.2) is 4.98 Å². The lowest BCUT2D eigenvalue weighted by molar-refractivity contribution is -0.137. The van der Waals surface area contributed by atoms with Crippen LogP contribution >= 0.6 is 0 Å². The van der Waals surface area contributed by atoms with E-state index in [1.165, 1.54) is 0 Å². The summed E-state index contributed by atoms with van der Waals surface area (Å²) in [5.41, 5.74) is -1.11. The number of hydrogen-bond acceptors (Lipinski definition) is 6. The standard InChI is InChI=1S/C19H20F3N5O/c1-11(12-4-3-7-27(2)10-12)18-24-15(9-23)17(25-26-18)14-6-5-13(8-16(14)28)19(20,21)22/h5-6,8,11-12,28H,3-4,7,10H2,1-2H3. The van der Waals surface area contributed by atoms with Gasteiger partial charge in [0.05, 0.1) is 5.56 Å². The van der Waals surface area contributed by atoms with Crippen molar-refractivity contribution in [2.45, 2.75) is 31.9 Å². The summed E-state index contributed by atoms with van der Waals surface area (Å²) in [7, 11) is 2.05. The van der Waals surface area contributed by atoms with Gasteiger partial charge in [0.25, 0.3) is 0 Å². The summed E-state index contributed by atoms with van der Waals surface area (Å²) in [5.74, 6) is 0.110. The van der Waals surface area contributed by atoms with Crippen molar-refractivity contribution in [1.82, 2.24) is 20.1 Å². The molecular formula is C19H20F3N5O. The van der Waals surface area contributed by atoms with Gasteiger partial charge in [0.2, 0.25) is 0 Å². The molecule has 1 fully saturated rings. The Kier molecular flexibility index (Phi) is 5.52. The molecule has 1 aromatic carbocycles. The first-order valence-corrected chi connectivity index (χ1v) is 8.94. The smallest absolute Gasteiger partial charge is 0.416 e. The fraction of sp³-hybridized carbons (Fsp3) is 0.474. The van der Waals surface area contributed by atoms with Crippen molar-refractivity contribution in [2.24, 2.45) is 5.92 Å². The molecule has 2 unspecified atom stereocenters. The van der Waals surface area contributed by atoms with E-state index in [0.717, 1.165) is 38.1 Å². The molecule has 1 aromatic heterocycles. The Labute approximate surface area is 160 Å². The second-order valence-electron chi connectivity index (χ2n) is 7.16. The fourth-order valence-corrected chi connectivity index (χ4v) is 3.52. The predicted octanol–water partition coefficient (Wildman–Crippen LogP) is 3.58. The number of hydrogen-bond donors (Lipinski definition) is 1. The van der Waals surface area contributed by atoms with E-state index in [0.29, 0.717) is 17.8 Å². The molecule has 0 spiro atoms. The van der Waals surface area contributed by atoms with Crippen LogP contribution in [-0.2, 0) is 6.18 Å². The number of phenolic OH excluding ortho intramolecular Hbond substituents is 1. The third-order valence-corrected chi connectivity index (χ3v) is 5.16. The molecule has 0 aliphatic carbocycles. The molecular weight excluding hydrogens is 371 g/mol. The van der Waals surface area contributed by atoms with E-state index in [1.54, 1.807) is 0 Å². The lowest BCUT2D eigenvalue weighted by Crippen LogP contribution is -2.34. The van der Waals surface area contributed by atoms with Gasteiger partial charge < -0.3 is 10.0 Å². The van der Waals surface area contributed by atoms with Crippen LogP contribution in [0.15, 0.2) is 18.2 Å². The third kappa shape index (κ3) is 4.07. The Bertz CT molecular complexity index is 909. The van der Waals surface area contributed by atoms with Crippen LogP contribution in [0.3, 0.4) is 0 Å². The van der Waals surface area contributed by atoms with Crippen LogP contribution < -0.4 is 0 Å². The maximum Gasteiger partial charge on any atom is 0.416 e. The maximum atomic E-state index is 12.8. The quantitative estimate of drug-likeness (QED) is 0.861. The number of nitriles is 1. The van der Waals surface area contributed by atoms with E-state index >= 15 is 0 Å². The van der Waals surface area contributed by atoms with Crippen molar-refractivity contribution < 1.29 is 18.3 Å². The van der Waals surface area contributed by atoms with Gasteiger partial charge in [-0.05, 0) is 50.6 Å². The number of likely N-dealkylation sites (tertiary alicyclic amines) is 1. The average Bonchev–Trinajstić information content (AvgIpc) is 2.66. The number of aromatic hydroxyl groups is 1. The molecule has 0 bridgehead atoms. The van der Waals surface area contributed by atoms with Gasteiger partial charge in [-0.15, -0.1) is 10.2 Å². The SMILES string of the molecule is CC(c1nnc(-c2ccc(C(F)(F)F)cc2O)c(C#N)n1)C1CCCN(C)C1. The molecule has 9 heteroatoms. The van der Waals surface area contributed by atoms with E-state index < -0.39 is 17.5 Å². The van der Waals surface area contributed by atoms with Crippen LogP contribution in [0.4, 0.5) is 13.2 Å². The van der Waals surface area contributed by atoms with Gasteiger partial charge >= 0.3 is 6.18 Å². The minimum atomic E-state index is -4.58. The zero-order valence-electron chi connectivity index (χ0n) is 15.5. The summed E-state index contributed by atoms with van der Waals surface area (Å²) in [5, 5.41) is 27.6. The molecule has 3 rings (SSSR count). The summed E-state index contributed by atoms with van der Waals surface area (Å²) >= 11 is 0. The van der Waals surface area contributed by atoms with Crippen LogP contribution in [0.5, 0.6) is 5.75 Å². The van der Waals surface area contributed by atoms with E-state index in [4.69, 9.17) is 0 Å². The second kappa shape index (κ2) is 7.72. The highest BCUT2D eigenvalue weighted by Gasteiger charge is 2.32. The molecule has 1 saturated heterocycles. The number of halogens is 3. The van der Waals surface area contributed by atoms with Gasteiger partial charge in [-0.3, -0.25) is 0 Å². The number of phenols is 1. The Hall–Kier alpha value is -2.73. The zero-order chi connectivity index (χ0) is 20.5. The third-order valence-electron chi connectivity index (χ3n) is 5.16. The number of piperidine rings is 1. The lowest BCUT2D eigenvalue weighted by Gasteiger charge is -2.32. The Morgan fingerprint density at radius 1 is 1.32 bits per heavy atom. The fourth-order valence-electron chi connectivity index (χ4n) is 3.52. The first-order chi connectivity index (χ1) is 13.2. The second-order valence-corrected chi connectivity index (χ2v) is 7.16. The summed E-state index contributed by atoms with van der Waals surface area (Å²) in [4.78, 5) is 6.53. The summed E-state index contributed by atoms with van der Waals surface area (Å²) in [6.07, 6.45) is -2.48. The molecule has 1 aliphatic heterocycles. The van der Waals surface area contributed by atoms with Gasteiger partial charge in [0.15, 0.2) is 11.5 Å². The summed E-state index contributed by atoms with van der Waals surface area (Å²) in [6, 6.07) is 4.42. The topological polar surface area (TPSA) is 85.9 Å². The van der Waals surface area contributed by atoms with Crippen LogP contribution in [0.25, 0.3) is 11.3 Å². The van der Waals surface area contributed by atoms with Crippen LogP contribution in [0.1, 0.15) is 42.8 Å². The molecule has 2 aromatic rings. The summed E-state index contributed by atoms with van der Waals surface area (Å²) in [6.45, 7) is 3.92. The first-order valence-electron chi connectivity index (χ1n) is 8.94. The molecule has 0 saturated carbocycles. The minimum absolute atomic E-state index is 0.0128. The largest absolute Gasteiger partial charge is 0.507 e. The highest BCUT2D eigenvalue weighted by atomic mass is 19.4. The van der Waals surface area contributed by atoms with Crippen molar-refractivity contribution in [2.75, 3.05) is 20.1 Å². The van der Waals surface area contributed by atoms with Crippen LogP contribution in [0, 0.1) is 17.2 Å². The number of benzene rings is 1. The van der Waals surface area contributed by atoms with E-state index in [1.807, 2.05) is 13.0 Å². The molecule has 148 valence electrons. The number of alkyl halides is 3. The van der Waals surface area contributed by atoms with Crippen molar-refractivity contribution in [3.05, 3.63) is 35.3 Å². The average molecular weight is 391 g/mol. The van der Waals surface area contributed by atoms with Crippen LogP contribution in [-0.4, -0.2) is 45.3 Å². The van der Waals surface area contributed by atoms with Crippen molar-refractivity contribution in [3.63, 3.8) is 0 Å². The summed E-state index contributed by atoms with van der Waals surface area (Å²) < 4.78 is 38.4. The van der Waals surface area contributed by atoms with E-state index in [2.05, 4.69) is 27.1 Å². The Morgan fingerprint density at radius 2 is 2.07 bits per heavy atom. The molecule has 2 atom stereocenters. The molecule has 2 heterocycles. The normalized spacial score (nSPS) is 19.2. The highest BCUT2D eigenvalue weighted by Crippen LogP contribution is 2.37. The van der Waals surface area contributed by atoms with Crippen molar-refractivity contribution >= 4 is 0 Å². The molecule has 0 amide bonds. The molecule has 28 heavy (non-hydrogen) atoms. The van der Waals surface area contributed by atoms with Crippen LogP contribution in [0.2, 0.25) is 0 Å². The molecule has 6 nitrogen and oxygen atoms in total. The predicted molar refractivity (Wildman–Crippen MR) is 95.3 cm³/mol. The molecule has 1 N–H and O–H groups in total. The molecule has 1 aliphatic rings. The Balaban J connectivity index is 1.93. The number of aromatic nitrogens is 3. The highest BCUT2D eigenvalue weighted by molar-refractivity contribution is 5.70. The zero-order valence-corrected chi connectivity index (χ0v) is 15.5. The van der Waals surface area contributed by atoms with Gasteiger partial charge in [0, 0.05) is 18.0 Å². The van der Waals surface area contributed by atoms with Gasteiger partial charge in [-0.2, -0.15) is 18.4 Å². The van der Waals surface area contributed by atoms with E-state index in [9.17, 15) is 23.5 Å².